The Kier molecular flexibility index (Phi) is 2.81. The summed E-state index contributed by atoms with van der Waals surface area (Å²) in [5.74, 6) is 0. The van der Waals surface area contributed by atoms with Crippen LogP contribution in [0.1, 0.15) is 12.8 Å². The molecule has 0 aromatic carbocycles. The van der Waals surface area contributed by atoms with E-state index in [-0.39, 0.29) is 19.8 Å². The minimum atomic E-state index is -3.59. The summed E-state index contributed by atoms with van der Waals surface area (Å²) in [4.78, 5) is 0. The summed E-state index contributed by atoms with van der Waals surface area (Å²) in [6, 6.07) is 0. The molecule has 0 amide bonds. The maximum absolute atomic E-state index is 12.1. The topological polar surface area (TPSA) is 86.7 Å². The average Bonchev–Trinajstić information content (AvgIpc) is 2.74. The molecular weight excluding hydrogens is 256 g/mol. The molecule has 0 spiro atoms. The fourth-order valence-corrected chi connectivity index (χ4v) is 4.28. The van der Waals surface area contributed by atoms with E-state index in [4.69, 9.17) is 4.74 Å². The molecule has 94 valence electrons. The second kappa shape index (κ2) is 3.66. The summed E-state index contributed by atoms with van der Waals surface area (Å²) in [7, 11) is -6.92. The highest BCUT2D eigenvalue weighted by molar-refractivity contribution is 7.93. The second-order valence-corrected chi connectivity index (χ2v) is 8.62. The number of sulfone groups is 1. The maximum Gasteiger partial charge on any atom is 0.264 e. The second-order valence-electron chi connectivity index (χ2n) is 4.35. The van der Waals surface area contributed by atoms with Crippen molar-refractivity contribution >= 4 is 20.0 Å². The molecule has 1 aliphatic carbocycles. The molecule has 8 heteroatoms. The quantitative estimate of drug-likeness (QED) is 0.614. The van der Waals surface area contributed by atoms with E-state index in [2.05, 4.69) is 4.18 Å². The van der Waals surface area contributed by atoms with E-state index < -0.39 is 30.0 Å². The van der Waals surface area contributed by atoms with Crippen LogP contribution in [-0.4, -0.2) is 52.9 Å². The first-order chi connectivity index (χ1) is 7.27. The third kappa shape index (κ3) is 2.11. The highest BCUT2D eigenvalue weighted by Crippen LogP contribution is 2.46. The smallest absolute Gasteiger partial charge is 0.264 e. The van der Waals surface area contributed by atoms with Crippen molar-refractivity contribution in [2.75, 3.05) is 26.1 Å². The zero-order chi connectivity index (χ0) is 12.0. The summed E-state index contributed by atoms with van der Waals surface area (Å²) < 4.78 is 54.3. The normalized spacial score (nSPS) is 25.1. The van der Waals surface area contributed by atoms with Gasteiger partial charge < -0.3 is 4.74 Å². The van der Waals surface area contributed by atoms with E-state index in [1.165, 1.54) is 0 Å². The Morgan fingerprint density at radius 3 is 2.12 bits per heavy atom. The van der Waals surface area contributed by atoms with Gasteiger partial charge in [-0.1, -0.05) is 0 Å². The van der Waals surface area contributed by atoms with Crippen molar-refractivity contribution in [2.24, 2.45) is 0 Å². The molecule has 1 saturated carbocycles. The Labute approximate surface area is 95.0 Å². The van der Waals surface area contributed by atoms with Gasteiger partial charge in [-0.2, -0.15) is 8.42 Å². The van der Waals surface area contributed by atoms with Gasteiger partial charge in [-0.3, -0.25) is 4.18 Å². The van der Waals surface area contributed by atoms with E-state index in [1.807, 2.05) is 0 Å². The van der Waals surface area contributed by atoms with Gasteiger partial charge in [-0.05, 0) is 12.8 Å². The molecule has 2 rings (SSSR count). The van der Waals surface area contributed by atoms with Crippen LogP contribution in [0.25, 0.3) is 0 Å². The molecule has 0 aromatic rings. The summed E-state index contributed by atoms with van der Waals surface area (Å²) in [5.41, 5.74) is 0. The highest BCUT2D eigenvalue weighted by atomic mass is 32.2. The average molecular weight is 270 g/mol. The molecule has 0 unspecified atom stereocenters. The van der Waals surface area contributed by atoms with E-state index in [1.54, 1.807) is 0 Å². The molecule has 6 nitrogen and oxygen atoms in total. The Morgan fingerprint density at radius 2 is 1.81 bits per heavy atom. The third-order valence-electron chi connectivity index (χ3n) is 2.99. The number of ether oxygens (including phenoxy) is 1. The lowest BCUT2D eigenvalue weighted by Gasteiger charge is -2.29. The zero-order valence-corrected chi connectivity index (χ0v) is 10.5. The van der Waals surface area contributed by atoms with Crippen molar-refractivity contribution < 1.29 is 25.8 Å². The molecule has 0 N–H and O–H groups in total. The molecular formula is C8H14O6S2. The van der Waals surface area contributed by atoms with Crippen LogP contribution in [0, 0.1) is 0 Å². The molecule has 0 bridgehead atoms. The van der Waals surface area contributed by atoms with Gasteiger partial charge in [0.25, 0.3) is 10.1 Å². The summed E-state index contributed by atoms with van der Waals surface area (Å²) >= 11 is 0. The highest BCUT2D eigenvalue weighted by Gasteiger charge is 2.59. The molecule has 1 saturated heterocycles. The van der Waals surface area contributed by atoms with E-state index in [0.29, 0.717) is 12.8 Å². The zero-order valence-electron chi connectivity index (χ0n) is 8.88. The van der Waals surface area contributed by atoms with E-state index in [0.717, 1.165) is 6.26 Å². The van der Waals surface area contributed by atoms with Gasteiger partial charge in [0.1, 0.15) is 5.25 Å². The van der Waals surface area contributed by atoms with E-state index >= 15 is 0 Å². The fourth-order valence-electron chi connectivity index (χ4n) is 1.61. The standard InChI is InChI=1S/C8H14O6S2/c1-15(9,10)14-6-8(2-3-8)16(11,12)7-4-13-5-7/h7H,2-6H2,1H3. The van der Waals surface area contributed by atoms with Gasteiger partial charge in [0.2, 0.25) is 0 Å². The number of rotatable bonds is 5. The summed E-state index contributed by atoms with van der Waals surface area (Å²) in [6.45, 7) is 0.163. The van der Waals surface area contributed by atoms with Crippen LogP contribution in [0.15, 0.2) is 0 Å². The van der Waals surface area contributed by atoms with Gasteiger partial charge in [0, 0.05) is 0 Å². The van der Waals surface area contributed by atoms with Gasteiger partial charge in [-0.15, -0.1) is 0 Å². The van der Waals surface area contributed by atoms with Crippen molar-refractivity contribution in [1.29, 1.82) is 0 Å². The van der Waals surface area contributed by atoms with Crippen molar-refractivity contribution in [3.63, 3.8) is 0 Å². The first-order valence-electron chi connectivity index (χ1n) is 4.92. The lowest BCUT2D eigenvalue weighted by atomic mass is 10.4. The van der Waals surface area contributed by atoms with Gasteiger partial charge >= 0.3 is 0 Å². The largest absolute Gasteiger partial charge is 0.379 e. The molecule has 1 aliphatic heterocycles. The van der Waals surface area contributed by atoms with Gasteiger partial charge in [0.05, 0.1) is 30.8 Å². The maximum atomic E-state index is 12.1. The molecule has 0 radical (unpaired) electrons. The minimum Gasteiger partial charge on any atom is -0.379 e. The van der Waals surface area contributed by atoms with Crippen LogP contribution in [0.5, 0.6) is 0 Å². The van der Waals surface area contributed by atoms with Gasteiger partial charge in [0.15, 0.2) is 9.84 Å². The van der Waals surface area contributed by atoms with Crippen LogP contribution in [-0.2, 0) is 28.9 Å². The predicted molar refractivity (Wildman–Crippen MR) is 56.3 cm³/mol. The Bertz CT molecular complexity index is 469. The van der Waals surface area contributed by atoms with Crippen LogP contribution in [0.2, 0.25) is 0 Å². The van der Waals surface area contributed by atoms with Gasteiger partial charge in [-0.25, -0.2) is 8.42 Å². The molecule has 0 aromatic heterocycles. The Balaban J connectivity index is 2.08. The van der Waals surface area contributed by atoms with Crippen LogP contribution < -0.4 is 0 Å². The lowest BCUT2D eigenvalue weighted by Crippen LogP contribution is -2.48. The SMILES string of the molecule is CS(=O)(=O)OCC1(S(=O)(=O)C2COC2)CC1. The van der Waals surface area contributed by atoms with Crippen molar-refractivity contribution in [2.45, 2.75) is 22.8 Å². The van der Waals surface area contributed by atoms with Crippen LogP contribution >= 0.6 is 0 Å². The molecule has 1 heterocycles. The van der Waals surface area contributed by atoms with E-state index in [9.17, 15) is 16.8 Å². The minimum absolute atomic E-state index is 0.211. The predicted octanol–water partition coefficient (Wildman–Crippen LogP) is -0.691. The lowest BCUT2D eigenvalue weighted by molar-refractivity contribution is 0.0408. The van der Waals surface area contributed by atoms with Crippen molar-refractivity contribution in [3.05, 3.63) is 0 Å². The Morgan fingerprint density at radius 1 is 1.25 bits per heavy atom. The monoisotopic (exact) mass is 270 g/mol. The molecule has 16 heavy (non-hydrogen) atoms. The molecule has 0 atom stereocenters. The number of hydrogen-bond donors (Lipinski definition) is 0. The first kappa shape index (κ1) is 12.3. The Hall–Kier alpha value is -0.180. The van der Waals surface area contributed by atoms with Crippen LogP contribution in [0.3, 0.4) is 0 Å². The molecule has 2 aliphatic rings. The van der Waals surface area contributed by atoms with Crippen molar-refractivity contribution in [3.8, 4) is 0 Å². The number of hydrogen-bond acceptors (Lipinski definition) is 6. The van der Waals surface area contributed by atoms with Crippen LogP contribution in [0.4, 0.5) is 0 Å². The summed E-state index contributed by atoms with van der Waals surface area (Å²) in [6.07, 6.45) is 1.87. The fraction of sp³-hybridized carbons (Fsp3) is 1.00. The van der Waals surface area contributed by atoms with Crippen molar-refractivity contribution in [1.82, 2.24) is 0 Å². The molecule has 2 fully saturated rings. The summed E-state index contributed by atoms with van der Waals surface area (Å²) in [5, 5.41) is -0.488. The first-order valence-corrected chi connectivity index (χ1v) is 8.29. The third-order valence-corrected chi connectivity index (χ3v) is 6.42.